The minimum atomic E-state index is -1.03. The van der Waals surface area contributed by atoms with Gasteiger partial charge in [-0.25, -0.2) is 4.79 Å². The molecule has 1 rings (SSSR count). The van der Waals surface area contributed by atoms with E-state index in [9.17, 15) is 9.59 Å². The molecule has 1 aliphatic rings. The third kappa shape index (κ3) is 3.67. The average molecular weight is 245 g/mol. The summed E-state index contributed by atoms with van der Waals surface area (Å²) in [6, 6.07) is 0. The second kappa shape index (κ2) is 5.97. The van der Waals surface area contributed by atoms with Crippen LogP contribution in [-0.4, -0.2) is 60.9 Å². The maximum absolute atomic E-state index is 12.0. The van der Waals surface area contributed by atoms with Crippen molar-refractivity contribution in [2.75, 3.05) is 26.8 Å². The number of methoxy groups -OCH3 is 1. The monoisotopic (exact) mass is 245 g/mol. The van der Waals surface area contributed by atoms with Crippen LogP contribution >= 0.6 is 0 Å². The van der Waals surface area contributed by atoms with Crippen molar-refractivity contribution in [2.45, 2.75) is 26.1 Å². The lowest BCUT2D eigenvalue weighted by Crippen LogP contribution is -2.53. The Bertz CT molecular complexity index is 294. The second-order valence-electron chi connectivity index (χ2n) is 4.37. The van der Waals surface area contributed by atoms with E-state index in [4.69, 9.17) is 14.6 Å². The van der Waals surface area contributed by atoms with Gasteiger partial charge in [0.05, 0.1) is 25.2 Å². The zero-order valence-electron chi connectivity index (χ0n) is 10.4. The van der Waals surface area contributed by atoms with Gasteiger partial charge in [-0.15, -0.1) is 0 Å². The summed E-state index contributed by atoms with van der Waals surface area (Å²) < 4.78 is 10.2. The molecular formula is C11H19NO5. The molecule has 6 heteroatoms. The summed E-state index contributed by atoms with van der Waals surface area (Å²) in [5.74, 6) is -1.39. The number of carbonyl (C=O) groups is 2. The van der Waals surface area contributed by atoms with Gasteiger partial charge in [0.2, 0.25) is 5.91 Å². The average Bonchev–Trinajstić information content (AvgIpc) is 2.27. The Hall–Kier alpha value is -1.14. The molecule has 1 N–H and O–H groups in total. The van der Waals surface area contributed by atoms with Gasteiger partial charge in [0.15, 0.2) is 6.10 Å². The van der Waals surface area contributed by atoms with Crippen LogP contribution in [0.5, 0.6) is 0 Å². The van der Waals surface area contributed by atoms with Crippen LogP contribution in [0.15, 0.2) is 0 Å². The van der Waals surface area contributed by atoms with Gasteiger partial charge in [0, 0.05) is 13.7 Å². The first-order valence-corrected chi connectivity index (χ1v) is 5.61. The van der Waals surface area contributed by atoms with E-state index in [0.29, 0.717) is 13.2 Å². The largest absolute Gasteiger partial charge is 0.479 e. The van der Waals surface area contributed by atoms with E-state index in [0.717, 1.165) is 0 Å². The van der Waals surface area contributed by atoms with Crippen LogP contribution in [0.2, 0.25) is 0 Å². The van der Waals surface area contributed by atoms with Gasteiger partial charge < -0.3 is 19.5 Å². The van der Waals surface area contributed by atoms with Crippen LogP contribution in [0.1, 0.15) is 13.8 Å². The topological polar surface area (TPSA) is 76.1 Å². The second-order valence-corrected chi connectivity index (χ2v) is 4.37. The molecule has 0 saturated carbocycles. The standard InChI is InChI=1S/C11H19NO5/c1-7(6-16-3)10(13)12-4-8(2)17-9(5-12)11(14)15/h7-9H,4-6H2,1-3H3,(H,14,15)/t7?,8-,9?/m1/s1. The molecule has 0 aromatic carbocycles. The van der Waals surface area contributed by atoms with Gasteiger partial charge in [-0.1, -0.05) is 6.92 Å². The number of ether oxygens (including phenoxy) is 2. The summed E-state index contributed by atoms with van der Waals surface area (Å²) in [5.41, 5.74) is 0. The lowest BCUT2D eigenvalue weighted by molar-refractivity contribution is -0.168. The van der Waals surface area contributed by atoms with Crippen molar-refractivity contribution in [2.24, 2.45) is 5.92 Å². The number of hydrogen-bond acceptors (Lipinski definition) is 4. The Morgan fingerprint density at radius 2 is 2.18 bits per heavy atom. The highest BCUT2D eigenvalue weighted by molar-refractivity contribution is 5.80. The van der Waals surface area contributed by atoms with Crippen LogP contribution in [0.4, 0.5) is 0 Å². The molecule has 0 aromatic heterocycles. The number of nitrogens with zero attached hydrogens (tertiary/aromatic N) is 1. The normalized spacial score (nSPS) is 26.6. The van der Waals surface area contributed by atoms with Crippen molar-refractivity contribution < 1.29 is 24.2 Å². The zero-order valence-corrected chi connectivity index (χ0v) is 10.4. The predicted molar refractivity (Wildman–Crippen MR) is 59.6 cm³/mol. The van der Waals surface area contributed by atoms with Crippen molar-refractivity contribution in [1.29, 1.82) is 0 Å². The van der Waals surface area contributed by atoms with Gasteiger partial charge in [0.25, 0.3) is 0 Å². The molecule has 0 radical (unpaired) electrons. The summed E-state index contributed by atoms with van der Waals surface area (Å²) in [7, 11) is 1.53. The minimum absolute atomic E-state index is 0.0896. The van der Waals surface area contributed by atoms with Gasteiger partial charge in [-0.3, -0.25) is 4.79 Å². The summed E-state index contributed by atoms with van der Waals surface area (Å²) >= 11 is 0. The molecule has 2 unspecified atom stereocenters. The van der Waals surface area contributed by atoms with Crippen LogP contribution in [0, 0.1) is 5.92 Å². The van der Waals surface area contributed by atoms with Crippen molar-refractivity contribution >= 4 is 11.9 Å². The molecule has 0 bridgehead atoms. The highest BCUT2D eigenvalue weighted by atomic mass is 16.5. The van der Waals surface area contributed by atoms with E-state index < -0.39 is 12.1 Å². The first-order chi connectivity index (χ1) is 7.95. The maximum Gasteiger partial charge on any atom is 0.334 e. The number of aliphatic carboxylic acids is 1. The summed E-state index contributed by atoms with van der Waals surface area (Å²) in [5, 5.41) is 8.91. The fraction of sp³-hybridized carbons (Fsp3) is 0.818. The Balaban J connectivity index is 2.63. The number of carbonyl (C=O) groups excluding carboxylic acids is 1. The van der Waals surface area contributed by atoms with E-state index in [1.807, 2.05) is 0 Å². The SMILES string of the molecule is COCC(C)C(=O)N1CC(C(=O)O)O[C@H](C)C1. The Labute approximate surface area is 100 Å². The van der Waals surface area contributed by atoms with Gasteiger partial charge in [0.1, 0.15) is 0 Å². The number of rotatable bonds is 4. The fourth-order valence-electron chi connectivity index (χ4n) is 1.90. The number of carboxylic acids is 1. The van der Waals surface area contributed by atoms with E-state index in [1.54, 1.807) is 13.8 Å². The molecule has 0 aromatic rings. The van der Waals surface area contributed by atoms with E-state index >= 15 is 0 Å². The molecule has 0 spiro atoms. The molecule has 1 fully saturated rings. The lowest BCUT2D eigenvalue weighted by atomic mass is 10.1. The predicted octanol–water partition coefficient (Wildman–Crippen LogP) is -0.0306. The number of hydrogen-bond donors (Lipinski definition) is 1. The van der Waals surface area contributed by atoms with Crippen LogP contribution < -0.4 is 0 Å². The number of morpholine rings is 1. The van der Waals surface area contributed by atoms with Crippen molar-refractivity contribution in [3.63, 3.8) is 0 Å². The molecule has 0 aliphatic carbocycles. The van der Waals surface area contributed by atoms with Crippen LogP contribution in [0.3, 0.4) is 0 Å². The Morgan fingerprint density at radius 1 is 1.53 bits per heavy atom. The molecule has 6 nitrogen and oxygen atoms in total. The molecule has 1 heterocycles. The summed E-state index contributed by atoms with van der Waals surface area (Å²) in [6.07, 6.45) is -1.19. The number of carboxylic acid groups (broad SMARTS) is 1. The third-order valence-electron chi connectivity index (χ3n) is 2.69. The molecule has 3 atom stereocenters. The van der Waals surface area contributed by atoms with Crippen molar-refractivity contribution in [3.05, 3.63) is 0 Å². The van der Waals surface area contributed by atoms with Gasteiger partial charge >= 0.3 is 5.97 Å². The molecule has 98 valence electrons. The molecular weight excluding hydrogens is 226 g/mol. The van der Waals surface area contributed by atoms with E-state index in [-0.39, 0.29) is 24.5 Å². The third-order valence-corrected chi connectivity index (χ3v) is 2.69. The van der Waals surface area contributed by atoms with E-state index in [1.165, 1.54) is 12.0 Å². The Kier molecular flexibility index (Phi) is 4.89. The number of amides is 1. The smallest absolute Gasteiger partial charge is 0.334 e. The first-order valence-electron chi connectivity index (χ1n) is 5.61. The Morgan fingerprint density at radius 3 is 2.71 bits per heavy atom. The highest BCUT2D eigenvalue weighted by Gasteiger charge is 2.33. The van der Waals surface area contributed by atoms with Crippen LogP contribution in [-0.2, 0) is 19.1 Å². The van der Waals surface area contributed by atoms with E-state index in [2.05, 4.69) is 0 Å². The molecule has 1 aliphatic heterocycles. The van der Waals surface area contributed by atoms with Crippen molar-refractivity contribution in [3.8, 4) is 0 Å². The molecule has 1 amide bonds. The maximum atomic E-state index is 12.0. The van der Waals surface area contributed by atoms with Crippen LogP contribution in [0.25, 0.3) is 0 Å². The fourth-order valence-corrected chi connectivity index (χ4v) is 1.90. The first kappa shape index (κ1) is 13.9. The van der Waals surface area contributed by atoms with Crippen molar-refractivity contribution in [1.82, 2.24) is 4.90 Å². The molecule has 17 heavy (non-hydrogen) atoms. The zero-order chi connectivity index (χ0) is 13.0. The summed E-state index contributed by atoms with van der Waals surface area (Å²) in [6.45, 7) is 4.39. The molecule has 1 saturated heterocycles. The minimum Gasteiger partial charge on any atom is -0.479 e. The highest BCUT2D eigenvalue weighted by Crippen LogP contribution is 2.14. The van der Waals surface area contributed by atoms with Gasteiger partial charge in [-0.2, -0.15) is 0 Å². The quantitative estimate of drug-likeness (QED) is 0.752. The summed E-state index contributed by atoms with van der Waals surface area (Å²) in [4.78, 5) is 24.4. The van der Waals surface area contributed by atoms with Gasteiger partial charge in [-0.05, 0) is 6.92 Å². The lowest BCUT2D eigenvalue weighted by Gasteiger charge is -2.36.